The molecule has 0 spiro atoms. The molecule has 182 valence electrons. The van der Waals surface area contributed by atoms with E-state index < -0.39 is 5.60 Å². The average Bonchev–Trinajstić information content (AvgIpc) is 2.73. The van der Waals surface area contributed by atoms with Crippen molar-refractivity contribution >= 4 is 35.1 Å². The Morgan fingerprint density at radius 3 is 2.38 bits per heavy atom. The fourth-order valence-electron chi connectivity index (χ4n) is 4.50. The molecule has 1 unspecified atom stereocenters. The molecule has 0 radical (unpaired) electrons. The second kappa shape index (κ2) is 10.8. The van der Waals surface area contributed by atoms with Gasteiger partial charge in [0.05, 0.1) is 0 Å². The normalized spacial score (nSPS) is 28.0. The molecule has 2 heterocycles. The molecule has 1 saturated heterocycles. The minimum Gasteiger partial charge on any atom is -0.444 e. The Kier molecular flexibility index (Phi) is 8.58. The molecule has 2 aliphatic heterocycles. The van der Waals surface area contributed by atoms with Gasteiger partial charge in [-0.05, 0) is 72.3 Å². The summed E-state index contributed by atoms with van der Waals surface area (Å²) in [4.78, 5) is 21.3. The van der Waals surface area contributed by atoms with Crippen LogP contribution in [0.3, 0.4) is 0 Å². The number of halogens is 2. The van der Waals surface area contributed by atoms with Crippen LogP contribution in [-0.2, 0) is 4.74 Å². The highest BCUT2D eigenvalue weighted by atomic mass is 35.5. The van der Waals surface area contributed by atoms with E-state index in [4.69, 9.17) is 33.8 Å². The van der Waals surface area contributed by atoms with Crippen molar-refractivity contribution in [1.82, 2.24) is 20.1 Å². The molecule has 0 aromatic heterocycles. The number of hydrogen-bond donors (Lipinski definition) is 2. The third-order valence-electron chi connectivity index (χ3n) is 6.41. The maximum atomic E-state index is 12.0. The van der Waals surface area contributed by atoms with Crippen molar-refractivity contribution in [2.75, 3.05) is 32.7 Å². The van der Waals surface area contributed by atoms with Gasteiger partial charge in [0.25, 0.3) is 0 Å². The standard InChI is InChI=1S/C22H38Cl2N6O2/c1-15-26-20(18(23)19(24)30(15)25)29-13-11-28(12-14-29)10-9-16-5-7-17(8-6-16)27-21(31)32-22(2,3)4/h15-17H,5-14,25H2,1-4H3,(H,27,31)/t15?,16-,17-. The highest BCUT2D eigenvalue weighted by Crippen LogP contribution is 2.29. The molecule has 1 saturated carbocycles. The lowest BCUT2D eigenvalue weighted by atomic mass is 9.84. The molecule has 10 heteroatoms. The number of nitrogens with one attached hydrogen (secondary N) is 1. The van der Waals surface area contributed by atoms with E-state index in [1.807, 2.05) is 27.7 Å². The van der Waals surface area contributed by atoms with Crippen LogP contribution in [0.4, 0.5) is 4.79 Å². The SMILES string of the molecule is CC1N=C(N2CCN(CC[C@H]3CC[C@H](NC(=O)OC(C)(C)C)CC3)CC2)C(Cl)=C(Cl)N1N. The Balaban J connectivity index is 1.36. The van der Waals surface area contributed by atoms with Crippen LogP contribution in [0.1, 0.15) is 59.8 Å². The van der Waals surface area contributed by atoms with Crippen LogP contribution in [0.15, 0.2) is 15.2 Å². The predicted octanol–water partition coefficient (Wildman–Crippen LogP) is 3.66. The number of amidine groups is 1. The molecule has 1 amide bonds. The zero-order valence-electron chi connectivity index (χ0n) is 19.7. The number of ether oxygens (including phenoxy) is 1. The van der Waals surface area contributed by atoms with Crippen molar-refractivity contribution in [3.8, 4) is 0 Å². The van der Waals surface area contributed by atoms with Crippen LogP contribution in [0.25, 0.3) is 0 Å². The van der Waals surface area contributed by atoms with E-state index in [0.717, 1.165) is 70.2 Å². The van der Waals surface area contributed by atoms with Crippen LogP contribution in [0, 0.1) is 5.92 Å². The first-order valence-electron chi connectivity index (χ1n) is 11.7. The number of amides is 1. The number of aliphatic imine (C=N–C) groups is 1. The number of nitrogens with two attached hydrogens (primary N) is 1. The molecular formula is C22H38Cl2N6O2. The van der Waals surface area contributed by atoms with E-state index in [9.17, 15) is 4.79 Å². The molecular weight excluding hydrogens is 451 g/mol. The molecule has 3 aliphatic rings. The summed E-state index contributed by atoms with van der Waals surface area (Å²) in [5.41, 5.74) is -0.453. The van der Waals surface area contributed by atoms with Crippen LogP contribution in [0.2, 0.25) is 0 Å². The zero-order valence-corrected chi connectivity index (χ0v) is 21.3. The second-order valence-corrected chi connectivity index (χ2v) is 10.8. The maximum Gasteiger partial charge on any atom is 0.407 e. The number of rotatable bonds is 4. The number of carbonyl (C=O) groups excluding carboxylic acids is 1. The molecule has 32 heavy (non-hydrogen) atoms. The highest BCUT2D eigenvalue weighted by Gasteiger charge is 2.30. The highest BCUT2D eigenvalue weighted by molar-refractivity contribution is 6.48. The largest absolute Gasteiger partial charge is 0.444 e. The van der Waals surface area contributed by atoms with Gasteiger partial charge in [0.15, 0.2) is 0 Å². The number of nitrogens with zero attached hydrogens (tertiary/aromatic N) is 4. The lowest BCUT2D eigenvalue weighted by Gasteiger charge is -2.39. The molecule has 3 rings (SSSR count). The summed E-state index contributed by atoms with van der Waals surface area (Å²) in [6, 6.07) is 0.234. The number of piperazine rings is 1. The lowest BCUT2D eigenvalue weighted by molar-refractivity contribution is 0.0485. The van der Waals surface area contributed by atoms with Crippen molar-refractivity contribution in [2.45, 2.75) is 77.6 Å². The van der Waals surface area contributed by atoms with Gasteiger partial charge in [-0.15, -0.1) is 0 Å². The quantitative estimate of drug-likeness (QED) is 0.463. The molecule has 8 nitrogen and oxygen atoms in total. The maximum absolute atomic E-state index is 12.0. The Hall–Kier alpha value is -1.22. The van der Waals surface area contributed by atoms with Gasteiger partial charge in [0, 0.05) is 32.2 Å². The minimum absolute atomic E-state index is 0.224. The second-order valence-electron chi connectivity index (χ2n) is 10.1. The Morgan fingerprint density at radius 2 is 1.78 bits per heavy atom. The van der Waals surface area contributed by atoms with Gasteiger partial charge < -0.3 is 15.0 Å². The van der Waals surface area contributed by atoms with Crippen LogP contribution in [0.5, 0.6) is 0 Å². The molecule has 0 aromatic carbocycles. The first-order valence-corrected chi connectivity index (χ1v) is 12.4. The number of hydrogen-bond acceptors (Lipinski definition) is 7. The van der Waals surface area contributed by atoms with Gasteiger partial charge in [0.1, 0.15) is 27.8 Å². The first-order chi connectivity index (χ1) is 15.0. The van der Waals surface area contributed by atoms with Gasteiger partial charge in [-0.25, -0.2) is 15.6 Å². The molecule has 3 N–H and O–H groups in total. The smallest absolute Gasteiger partial charge is 0.407 e. The van der Waals surface area contributed by atoms with Crippen molar-refractivity contribution in [3.63, 3.8) is 0 Å². The summed E-state index contributed by atoms with van der Waals surface area (Å²) in [5.74, 6) is 7.36. The van der Waals surface area contributed by atoms with Crippen molar-refractivity contribution < 1.29 is 9.53 Å². The van der Waals surface area contributed by atoms with Gasteiger partial charge >= 0.3 is 6.09 Å². The van der Waals surface area contributed by atoms with Gasteiger partial charge in [-0.3, -0.25) is 9.91 Å². The summed E-state index contributed by atoms with van der Waals surface area (Å²) in [7, 11) is 0. The Morgan fingerprint density at radius 1 is 1.16 bits per heavy atom. The van der Waals surface area contributed by atoms with E-state index in [0.29, 0.717) is 10.2 Å². The number of alkyl carbamates (subject to hydrolysis) is 1. The third-order valence-corrected chi connectivity index (χ3v) is 7.24. The Labute approximate surface area is 202 Å². The topological polar surface area (TPSA) is 86.4 Å². The first kappa shape index (κ1) is 25.4. The summed E-state index contributed by atoms with van der Waals surface area (Å²) in [6.45, 7) is 12.4. The zero-order chi connectivity index (χ0) is 23.5. The summed E-state index contributed by atoms with van der Waals surface area (Å²) >= 11 is 12.7. The number of hydrazine groups is 1. The molecule has 1 aliphatic carbocycles. The number of carbonyl (C=O) groups is 1. The monoisotopic (exact) mass is 488 g/mol. The molecule has 2 fully saturated rings. The van der Waals surface area contributed by atoms with E-state index in [1.165, 1.54) is 11.4 Å². The average molecular weight is 489 g/mol. The lowest BCUT2D eigenvalue weighted by Crippen LogP contribution is -2.51. The van der Waals surface area contributed by atoms with Crippen molar-refractivity contribution in [1.29, 1.82) is 0 Å². The van der Waals surface area contributed by atoms with Gasteiger partial charge in [0.2, 0.25) is 0 Å². The predicted molar refractivity (Wildman–Crippen MR) is 129 cm³/mol. The van der Waals surface area contributed by atoms with Gasteiger partial charge in [-0.1, -0.05) is 23.2 Å². The van der Waals surface area contributed by atoms with Gasteiger partial charge in [-0.2, -0.15) is 0 Å². The molecule has 0 bridgehead atoms. The third kappa shape index (κ3) is 6.89. The fourth-order valence-corrected chi connectivity index (χ4v) is 5.00. The molecule has 0 aromatic rings. The summed E-state index contributed by atoms with van der Waals surface area (Å²) < 4.78 is 5.37. The van der Waals surface area contributed by atoms with E-state index >= 15 is 0 Å². The van der Waals surface area contributed by atoms with Crippen LogP contribution in [-0.4, -0.2) is 77.3 Å². The summed E-state index contributed by atoms with van der Waals surface area (Å²) in [6.07, 6.45) is 5.04. The van der Waals surface area contributed by atoms with E-state index in [2.05, 4.69) is 20.1 Å². The van der Waals surface area contributed by atoms with E-state index in [1.54, 1.807) is 0 Å². The minimum atomic E-state index is -0.453. The van der Waals surface area contributed by atoms with Crippen LogP contribution < -0.4 is 11.2 Å². The van der Waals surface area contributed by atoms with E-state index in [-0.39, 0.29) is 18.3 Å². The molecule has 1 atom stereocenters. The fraction of sp³-hybridized carbons (Fsp3) is 0.818. The summed E-state index contributed by atoms with van der Waals surface area (Å²) in [5, 5.41) is 5.20. The van der Waals surface area contributed by atoms with Crippen molar-refractivity contribution in [2.24, 2.45) is 16.8 Å². The Bertz CT molecular complexity index is 722. The van der Waals surface area contributed by atoms with Crippen molar-refractivity contribution in [3.05, 3.63) is 10.2 Å². The van der Waals surface area contributed by atoms with Crippen LogP contribution >= 0.6 is 23.2 Å².